The Balaban J connectivity index is 1.57. The van der Waals surface area contributed by atoms with Crippen LogP contribution in [0.1, 0.15) is 44.2 Å². The Kier molecular flexibility index (Phi) is 6.43. The normalized spacial score (nSPS) is 22.4. The third-order valence-corrected chi connectivity index (χ3v) is 8.99. The van der Waals surface area contributed by atoms with Gasteiger partial charge in [-0.05, 0) is 43.4 Å². The Labute approximate surface area is 191 Å². The lowest BCUT2D eigenvalue weighted by atomic mass is 9.96. The summed E-state index contributed by atoms with van der Waals surface area (Å²) in [5.41, 5.74) is 1.60. The lowest BCUT2D eigenvalue weighted by Gasteiger charge is -2.44. The van der Waals surface area contributed by atoms with Crippen LogP contribution in [0.5, 0.6) is 0 Å². The van der Waals surface area contributed by atoms with E-state index >= 15 is 0 Å². The molecule has 2 saturated heterocycles. The van der Waals surface area contributed by atoms with Crippen LogP contribution in [-0.2, 0) is 21.4 Å². The lowest BCUT2D eigenvalue weighted by Crippen LogP contribution is -2.59. The van der Waals surface area contributed by atoms with Crippen molar-refractivity contribution in [3.63, 3.8) is 0 Å². The molecule has 0 unspecified atom stereocenters. The highest BCUT2D eigenvalue weighted by molar-refractivity contribution is 7.89. The first-order valence-corrected chi connectivity index (χ1v) is 12.9. The molecule has 1 N–H and O–H groups in total. The van der Waals surface area contributed by atoms with Gasteiger partial charge in [0.1, 0.15) is 0 Å². The highest BCUT2D eigenvalue weighted by Crippen LogP contribution is 2.37. The van der Waals surface area contributed by atoms with Crippen LogP contribution in [0, 0.1) is 12.8 Å². The summed E-state index contributed by atoms with van der Waals surface area (Å²) in [5, 5.41) is 3.65. The molecule has 2 aliphatic rings. The third-order valence-electron chi connectivity index (χ3n) is 7.08. The molecule has 4 rings (SSSR count). The van der Waals surface area contributed by atoms with Gasteiger partial charge in [0.2, 0.25) is 15.9 Å². The van der Waals surface area contributed by atoms with E-state index in [0.717, 1.165) is 17.5 Å². The second-order valence-corrected chi connectivity index (χ2v) is 11.1. The Hall–Kier alpha value is -2.22. The number of sulfonamides is 1. The van der Waals surface area contributed by atoms with Gasteiger partial charge in [-0.3, -0.25) is 10.1 Å². The smallest absolute Gasteiger partial charge is 0.243 e. The van der Waals surface area contributed by atoms with E-state index in [1.807, 2.05) is 54.3 Å². The summed E-state index contributed by atoms with van der Waals surface area (Å²) in [7, 11) is -3.55. The Morgan fingerprint density at radius 2 is 1.69 bits per heavy atom. The summed E-state index contributed by atoms with van der Waals surface area (Å²) in [6, 6.07) is 16.8. The maximum atomic E-state index is 13.4. The highest BCUT2D eigenvalue weighted by atomic mass is 32.2. The van der Waals surface area contributed by atoms with Crippen molar-refractivity contribution in [3.05, 3.63) is 65.7 Å². The van der Waals surface area contributed by atoms with Gasteiger partial charge in [0, 0.05) is 19.6 Å². The van der Waals surface area contributed by atoms with Crippen molar-refractivity contribution in [2.24, 2.45) is 5.92 Å². The fourth-order valence-corrected chi connectivity index (χ4v) is 6.24. The molecule has 32 heavy (non-hydrogen) atoms. The lowest BCUT2D eigenvalue weighted by molar-refractivity contribution is -0.134. The van der Waals surface area contributed by atoms with Crippen molar-refractivity contribution in [1.29, 1.82) is 0 Å². The number of benzene rings is 2. The van der Waals surface area contributed by atoms with E-state index in [1.54, 1.807) is 16.4 Å². The van der Waals surface area contributed by atoms with Crippen LogP contribution in [0.3, 0.4) is 0 Å². The molecule has 1 spiro atoms. The zero-order valence-corrected chi connectivity index (χ0v) is 19.9. The van der Waals surface area contributed by atoms with Gasteiger partial charge in [-0.25, -0.2) is 8.42 Å². The van der Waals surface area contributed by atoms with Crippen LogP contribution in [0.4, 0.5) is 0 Å². The average Bonchev–Trinajstić information content (AvgIpc) is 3.06. The number of aryl methyl sites for hydroxylation is 1. The van der Waals surface area contributed by atoms with Gasteiger partial charge in [0.05, 0.1) is 16.6 Å². The van der Waals surface area contributed by atoms with Crippen LogP contribution >= 0.6 is 0 Å². The first-order chi connectivity index (χ1) is 15.3. The van der Waals surface area contributed by atoms with Gasteiger partial charge < -0.3 is 4.90 Å². The molecule has 2 aromatic rings. The quantitative estimate of drug-likeness (QED) is 0.724. The minimum absolute atomic E-state index is 0.123. The van der Waals surface area contributed by atoms with Crippen LogP contribution in [-0.4, -0.2) is 48.3 Å². The van der Waals surface area contributed by atoms with Gasteiger partial charge in [0.25, 0.3) is 0 Å². The predicted molar refractivity (Wildman–Crippen MR) is 125 cm³/mol. The van der Waals surface area contributed by atoms with Crippen LogP contribution in [0.25, 0.3) is 0 Å². The molecule has 0 aliphatic carbocycles. The summed E-state index contributed by atoms with van der Waals surface area (Å²) in [6.07, 6.45) is 2.06. The number of amides is 1. The fraction of sp³-hybridized carbons (Fsp3) is 0.480. The number of piperidine rings is 1. The number of hydrogen-bond donors (Lipinski definition) is 1. The summed E-state index contributed by atoms with van der Waals surface area (Å²) in [6.45, 7) is 7.45. The van der Waals surface area contributed by atoms with Crippen LogP contribution < -0.4 is 5.32 Å². The van der Waals surface area contributed by atoms with Crippen LogP contribution in [0.2, 0.25) is 0 Å². The maximum absolute atomic E-state index is 13.4. The summed E-state index contributed by atoms with van der Waals surface area (Å²) < 4.78 is 27.9. The number of carbonyl (C=O) groups excluding carboxylic acids is 1. The van der Waals surface area contributed by atoms with Crippen LogP contribution in [0.15, 0.2) is 59.5 Å². The molecule has 0 aromatic heterocycles. The van der Waals surface area contributed by atoms with Crippen molar-refractivity contribution >= 4 is 15.9 Å². The van der Waals surface area contributed by atoms with Gasteiger partial charge in [0.15, 0.2) is 0 Å². The number of nitrogens with zero attached hydrogens (tertiary/aromatic N) is 2. The van der Waals surface area contributed by atoms with Gasteiger partial charge in [-0.15, -0.1) is 0 Å². The monoisotopic (exact) mass is 455 g/mol. The molecule has 2 heterocycles. The number of hydrogen-bond acceptors (Lipinski definition) is 4. The molecule has 0 bridgehead atoms. The third kappa shape index (κ3) is 4.21. The van der Waals surface area contributed by atoms with E-state index in [0.29, 0.717) is 37.4 Å². The van der Waals surface area contributed by atoms with E-state index in [9.17, 15) is 13.2 Å². The minimum atomic E-state index is -3.55. The standard InChI is InChI=1S/C25H33N3O3S/c1-4-20(3)23-24(29)28(18-21-8-6-5-7-9-21)25(26-23)14-16-27(17-15-25)32(30,31)22-12-10-19(2)11-13-22/h5-13,20,23,26H,4,14-18H2,1-3H3/t20-,23-/m0/s1. The molecule has 7 heteroatoms. The van der Waals surface area contributed by atoms with Gasteiger partial charge >= 0.3 is 0 Å². The van der Waals surface area contributed by atoms with E-state index in [2.05, 4.69) is 19.2 Å². The minimum Gasteiger partial charge on any atom is -0.319 e. The average molecular weight is 456 g/mol. The van der Waals surface area contributed by atoms with E-state index in [1.165, 1.54) is 0 Å². The van der Waals surface area contributed by atoms with Gasteiger partial charge in [-0.1, -0.05) is 68.3 Å². The zero-order chi connectivity index (χ0) is 22.9. The Morgan fingerprint density at radius 1 is 1.06 bits per heavy atom. The second kappa shape index (κ2) is 8.96. The molecular weight excluding hydrogens is 422 g/mol. The molecule has 172 valence electrons. The second-order valence-electron chi connectivity index (χ2n) is 9.17. The number of nitrogens with one attached hydrogen (secondary N) is 1. The van der Waals surface area contributed by atoms with E-state index < -0.39 is 15.7 Å². The molecule has 0 radical (unpaired) electrons. The number of rotatable bonds is 6. The van der Waals surface area contributed by atoms with Crippen molar-refractivity contribution in [2.45, 2.75) is 63.2 Å². The van der Waals surface area contributed by atoms with Crippen molar-refractivity contribution in [3.8, 4) is 0 Å². The maximum Gasteiger partial charge on any atom is 0.243 e. The highest BCUT2D eigenvalue weighted by Gasteiger charge is 2.53. The SMILES string of the molecule is CC[C@H](C)[C@@H]1NC2(CCN(S(=O)(=O)c3ccc(C)cc3)CC2)N(Cc2ccccc2)C1=O. The van der Waals surface area contributed by atoms with Crippen molar-refractivity contribution in [1.82, 2.24) is 14.5 Å². The topological polar surface area (TPSA) is 69.7 Å². The molecule has 2 aromatic carbocycles. The summed E-state index contributed by atoms with van der Waals surface area (Å²) >= 11 is 0. The Morgan fingerprint density at radius 3 is 2.28 bits per heavy atom. The first-order valence-electron chi connectivity index (χ1n) is 11.5. The van der Waals surface area contributed by atoms with Crippen molar-refractivity contribution < 1.29 is 13.2 Å². The predicted octanol–water partition coefficient (Wildman–Crippen LogP) is 3.52. The van der Waals surface area contributed by atoms with E-state index in [4.69, 9.17) is 0 Å². The zero-order valence-electron chi connectivity index (χ0n) is 19.1. The first kappa shape index (κ1) is 23.0. The van der Waals surface area contributed by atoms with E-state index in [-0.39, 0.29) is 17.9 Å². The largest absolute Gasteiger partial charge is 0.319 e. The van der Waals surface area contributed by atoms with Crippen molar-refractivity contribution in [2.75, 3.05) is 13.1 Å². The number of carbonyl (C=O) groups is 1. The Bertz CT molecular complexity index is 1050. The molecule has 2 atom stereocenters. The molecule has 0 saturated carbocycles. The molecule has 2 aliphatic heterocycles. The molecule has 1 amide bonds. The molecule has 2 fully saturated rings. The molecule has 6 nitrogen and oxygen atoms in total. The fourth-order valence-electron chi connectivity index (χ4n) is 4.79. The summed E-state index contributed by atoms with van der Waals surface area (Å²) in [5.74, 6) is 0.340. The van der Waals surface area contributed by atoms with Gasteiger partial charge in [-0.2, -0.15) is 4.31 Å². The molecular formula is C25H33N3O3S. The summed E-state index contributed by atoms with van der Waals surface area (Å²) in [4.78, 5) is 15.7.